The number of fused-ring (bicyclic) bond motifs is 1. The lowest BCUT2D eigenvalue weighted by Gasteiger charge is -2.02. The molecule has 2 heterocycles. The molecule has 0 spiro atoms. The van der Waals surface area contributed by atoms with Crippen molar-refractivity contribution >= 4 is 10.9 Å². The highest BCUT2D eigenvalue weighted by Gasteiger charge is 2.11. The van der Waals surface area contributed by atoms with Crippen LogP contribution in [0.2, 0.25) is 0 Å². The molecule has 0 bridgehead atoms. The average molecular weight is 241 g/mol. The minimum absolute atomic E-state index is 0.518. The summed E-state index contributed by atoms with van der Waals surface area (Å²) in [6.45, 7) is 4.42. The minimum atomic E-state index is 0.518. The van der Waals surface area contributed by atoms with Gasteiger partial charge in [-0.25, -0.2) is 0 Å². The maximum Gasteiger partial charge on any atom is 0.204 e. The van der Waals surface area contributed by atoms with Crippen LogP contribution in [0, 0.1) is 0 Å². The van der Waals surface area contributed by atoms with Gasteiger partial charge in [-0.3, -0.25) is 0 Å². The van der Waals surface area contributed by atoms with Gasteiger partial charge in [-0.15, -0.1) is 10.2 Å². The Morgan fingerprint density at radius 2 is 2.11 bits per heavy atom. The summed E-state index contributed by atoms with van der Waals surface area (Å²) in [5.74, 6) is 1.15. The molecule has 92 valence electrons. The molecule has 3 rings (SSSR count). The van der Waals surface area contributed by atoms with E-state index < -0.39 is 0 Å². The van der Waals surface area contributed by atoms with Gasteiger partial charge in [0.25, 0.3) is 0 Å². The summed E-state index contributed by atoms with van der Waals surface area (Å²) in [6, 6.07) is 6.28. The van der Waals surface area contributed by atoms with E-state index in [-0.39, 0.29) is 0 Å². The molecule has 5 nitrogen and oxygen atoms in total. The molecule has 18 heavy (non-hydrogen) atoms. The number of H-pyrrole nitrogens is 1. The zero-order valence-electron chi connectivity index (χ0n) is 10.7. The van der Waals surface area contributed by atoms with Crippen LogP contribution in [-0.2, 0) is 7.05 Å². The molecule has 1 N–H and O–H groups in total. The normalized spacial score (nSPS) is 11.6. The first-order valence-corrected chi connectivity index (χ1v) is 5.99. The lowest BCUT2D eigenvalue weighted by molar-refractivity contribution is 0.857. The fourth-order valence-electron chi connectivity index (χ4n) is 2.30. The van der Waals surface area contributed by atoms with Crippen LogP contribution in [0.1, 0.15) is 25.3 Å². The molecule has 0 saturated heterocycles. The number of hydrogen-bond donors (Lipinski definition) is 1. The molecule has 0 radical (unpaired) electrons. The number of benzene rings is 1. The second-order valence-corrected chi connectivity index (χ2v) is 4.82. The van der Waals surface area contributed by atoms with Crippen molar-refractivity contribution in [1.82, 2.24) is 25.2 Å². The van der Waals surface area contributed by atoms with Crippen LogP contribution in [0.5, 0.6) is 0 Å². The lowest BCUT2D eigenvalue weighted by Crippen LogP contribution is -1.86. The highest BCUT2D eigenvalue weighted by Crippen LogP contribution is 2.29. The Morgan fingerprint density at radius 3 is 2.78 bits per heavy atom. The average Bonchev–Trinajstić information content (AvgIpc) is 2.97. The van der Waals surface area contributed by atoms with E-state index in [4.69, 9.17) is 0 Å². The smallest absolute Gasteiger partial charge is 0.204 e. The number of tetrazole rings is 1. The Morgan fingerprint density at radius 1 is 1.28 bits per heavy atom. The number of nitrogens with one attached hydrogen (secondary N) is 1. The molecule has 0 atom stereocenters. The fraction of sp³-hybridized carbons (Fsp3) is 0.308. The molecule has 3 aromatic rings. The van der Waals surface area contributed by atoms with Gasteiger partial charge in [-0.2, -0.15) is 5.21 Å². The summed E-state index contributed by atoms with van der Waals surface area (Å²) < 4.78 is 2.15. The van der Waals surface area contributed by atoms with Crippen LogP contribution in [0.4, 0.5) is 0 Å². The zero-order valence-corrected chi connectivity index (χ0v) is 10.7. The van der Waals surface area contributed by atoms with Gasteiger partial charge in [0.1, 0.15) is 0 Å². The Labute approximate surface area is 105 Å². The van der Waals surface area contributed by atoms with Gasteiger partial charge >= 0.3 is 0 Å². The molecule has 0 saturated carbocycles. The molecule has 0 fully saturated rings. The zero-order chi connectivity index (χ0) is 12.7. The third-order valence-electron chi connectivity index (χ3n) is 3.25. The highest BCUT2D eigenvalue weighted by atomic mass is 15.5. The van der Waals surface area contributed by atoms with Gasteiger partial charge in [0.2, 0.25) is 5.82 Å². The quantitative estimate of drug-likeness (QED) is 0.749. The Hall–Kier alpha value is -2.17. The Bertz CT molecular complexity index is 679. The first kappa shape index (κ1) is 11.0. The SMILES string of the molecule is CC(C)c1cn(C)c2cc(-c3nn[nH]n3)ccc12. The Balaban J connectivity index is 2.22. The molecular weight excluding hydrogens is 226 g/mol. The molecule has 5 heteroatoms. The molecule has 0 aliphatic carbocycles. The fourth-order valence-corrected chi connectivity index (χ4v) is 2.30. The van der Waals surface area contributed by atoms with Crippen molar-refractivity contribution in [1.29, 1.82) is 0 Å². The van der Waals surface area contributed by atoms with E-state index in [1.54, 1.807) is 0 Å². The highest BCUT2D eigenvalue weighted by molar-refractivity contribution is 5.87. The van der Waals surface area contributed by atoms with Crippen molar-refractivity contribution in [3.8, 4) is 11.4 Å². The van der Waals surface area contributed by atoms with Gasteiger partial charge in [0.05, 0.1) is 0 Å². The molecule has 1 aromatic carbocycles. The van der Waals surface area contributed by atoms with Gasteiger partial charge in [-0.05, 0) is 22.8 Å². The van der Waals surface area contributed by atoms with Crippen molar-refractivity contribution in [3.05, 3.63) is 30.0 Å². The van der Waals surface area contributed by atoms with E-state index in [0.29, 0.717) is 11.7 Å². The summed E-state index contributed by atoms with van der Waals surface area (Å²) >= 11 is 0. The number of nitrogens with zero attached hydrogens (tertiary/aromatic N) is 4. The van der Waals surface area contributed by atoms with Crippen molar-refractivity contribution in [2.75, 3.05) is 0 Å². The first-order valence-electron chi connectivity index (χ1n) is 5.99. The molecular formula is C13H15N5. The van der Waals surface area contributed by atoms with Gasteiger partial charge < -0.3 is 4.57 Å². The van der Waals surface area contributed by atoms with Crippen molar-refractivity contribution in [2.24, 2.45) is 7.05 Å². The maximum atomic E-state index is 4.01. The van der Waals surface area contributed by atoms with Gasteiger partial charge in [0.15, 0.2) is 0 Å². The van der Waals surface area contributed by atoms with Gasteiger partial charge in [-0.1, -0.05) is 26.0 Å². The number of hydrogen-bond acceptors (Lipinski definition) is 3. The van der Waals surface area contributed by atoms with E-state index in [1.165, 1.54) is 16.5 Å². The number of aromatic nitrogens is 5. The summed E-state index contributed by atoms with van der Waals surface area (Å²) in [5, 5.41) is 15.4. The number of aryl methyl sites for hydroxylation is 1. The van der Waals surface area contributed by atoms with Crippen LogP contribution in [0.15, 0.2) is 24.4 Å². The van der Waals surface area contributed by atoms with E-state index in [1.807, 2.05) is 6.07 Å². The van der Waals surface area contributed by atoms with Crippen LogP contribution < -0.4 is 0 Å². The van der Waals surface area contributed by atoms with Crippen LogP contribution in [0.3, 0.4) is 0 Å². The summed E-state index contributed by atoms with van der Waals surface area (Å²) in [4.78, 5) is 0. The summed E-state index contributed by atoms with van der Waals surface area (Å²) in [6.07, 6.45) is 2.19. The largest absolute Gasteiger partial charge is 0.350 e. The standard InChI is InChI=1S/C13H15N5/c1-8(2)11-7-18(3)12-6-9(4-5-10(11)12)13-14-16-17-15-13/h4-8H,1-3H3,(H,14,15,16,17). The predicted octanol–water partition coefficient (Wildman–Crippen LogP) is 2.48. The van der Waals surface area contributed by atoms with Gasteiger partial charge in [0, 0.05) is 29.7 Å². The molecule has 0 unspecified atom stereocenters. The summed E-state index contributed by atoms with van der Waals surface area (Å²) in [5.41, 5.74) is 3.54. The van der Waals surface area contributed by atoms with Crippen LogP contribution in [0.25, 0.3) is 22.3 Å². The second-order valence-electron chi connectivity index (χ2n) is 4.82. The van der Waals surface area contributed by atoms with Crippen LogP contribution in [-0.4, -0.2) is 25.2 Å². The lowest BCUT2D eigenvalue weighted by atomic mass is 10.0. The predicted molar refractivity (Wildman–Crippen MR) is 70.2 cm³/mol. The third-order valence-corrected chi connectivity index (χ3v) is 3.25. The van der Waals surface area contributed by atoms with Crippen molar-refractivity contribution in [2.45, 2.75) is 19.8 Å². The Kier molecular flexibility index (Phi) is 2.40. The molecule has 2 aromatic heterocycles. The van der Waals surface area contributed by atoms with Crippen LogP contribution >= 0.6 is 0 Å². The molecule has 0 aliphatic rings. The molecule has 0 aliphatic heterocycles. The monoisotopic (exact) mass is 241 g/mol. The summed E-state index contributed by atoms with van der Waals surface area (Å²) in [7, 11) is 2.06. The first-order chi connectivity index (χ1) is 8.66. The third kappa shape index (κ3) is 1.59. The molecule has 0 amide bonds. The number of aromatic amines is 1. The number of rotatable bonds is 2. The van der Waals surface area contributed by atoms with E-state index >= 15 is 0 Å². The van der Waals surface area contributed by atoms with E-state index in [9.17, 15) is 0 Å². The minimum Gasteiger partial charge on any atom is -0.350 e. The second kappa shape index (κ2) is 3.94. The van der Waals surface area contributed by atoms with Crippen molar-refractivity contribution in [3.63, 3.8) is 0 Å². The van der Waals surface area contributed by atoms with E-state index in [2.05, 4.69) is 64.4 Å². The topological polar surface area (TPSA) is 59.4 Å². The van der Waals surface area contributed by atoms with Crippen molar-refractivity contribution < 1.29 is 0 Å². The maximum absolute atomic E-state index is 4.01. The van der Waals surface area contributed by atoms with E-state index in [0.717, 1.165) is 5.56 Å².